The molecule has 0 unspecified atom stereocenters. The minimum Gasteiger partial charge on any atom is -0.352 e. The normalized spacial score (nSPS) is 13.1. The second-order valence-electron chi connectivity index (χ2n) is 9.01. The third-order valence-corrected chi connectivity index (χ3v) is 7.12. The van der Waals surface area contributed by atoms with Crippen molar-refractivity contribution in [3.05, 3.63) is 64.7 Å². The van der Waals surface area contributed by atoms with Gasteiger partial charge in [0.2, 0.25) is 21.8 Å². The fourth-order valence-corrected chi connectivity index (χ4v) is 4.68. The topological polar surface area (TPSA) is 86.8 Å². The Bertz CT molecular complexity index is 1090. The highest BCUT2D eigenvalue weighted by atomic mass is 32.2. The van der Waals surface area contributed by atoms with Crippen LogP contribution < -0.4 is 9.62 Å². The Hall–Kier alpha value is -2.87. The molecule has 0 aliphatic heterocycles. The standard InChI is InChI=1S/C26H37N3O4S/c1-8-21(5)27-26(31)22(6)28(16-23-14-12-18(2)13-15-23)24(30)17-29(34(7,32)33)25-19(3)10-9-11-20(25)4/h9-15,21-22H,8,16-17H2,1-7H3,(H,27,31)/t21-,22+/m1/s1. The van der Waals surface area contributed by atoms with Gasteiger partial charge in [0.15, 0.2) is 0 Å². The lowest BCUT2D eigenvalue weighted by atomic mass is 10.1. The molecule has 2 atom stereocenters. The van der Waals surface area contributed by atoms with Gasteiger partial charge in [0.25, 0.3) is 0 Å². The number of hydrogen-bond donors (Lipinski definition) is 1. The van der Waals surface area contributed by atoms with Crippen molar-refractivity contribution in [3.63, 3.8) is 0 Å². The molecule has 0 aromatic heterocycles. The van der Waals surface area contributed by atoms with Gasteiger partial charge in [-0.2, -0.15) is 0 Å². The maximum atomic E-state index is 13.6. The van der Waals surface area contributed by atoms with E-state index in [0.717, 1.165) is 39.2 Å². The lowest BCUT2D eigenvalue weighted by Crippen LogP contribution is -2.52. The van der Waals surface area contributed by atoms with Crippen LogP contribution in [0.1, 0.15) is 49.4 Å². The van der Waals surface area contributed by atoms with Gasteiger partial charge in [-0.3, -0.25) is 13.9 Å². The molecule has 2 aromatic rings. The number of aryl methyl sites for hydroxylation is 3. The van der Waals surface area contributed by atoms with E-state index in [9.17, 15) is 18.0 Å². The predicted molar refractivity (Wildman–Crippen MR) is 137 cm³/mol. The molecule has 1 N–H and O–H groups in total. The lowest BCUT2D eigenvalue weighted by molar-refractivity contribution is -0.139. The van der Waals surface area contributed by atoms with Gasteiger partial charge >= 0.3 is 0 Å². The van der Waals surface area contributed by atoms with E-state index in [2.05, 4.69) is 5.32 Å². The van der Waals surface area contributed by atoms with Crippen LogP contribution >= 0.6 is 0 Å². The summed E-state index contributed by atoms with van der Waals surface area (Å²) in [6.45, 7) is 11.0. The SMILES string of the molecule is CC[C@@H](C)NC(=O)[C@H](C)N(Cc1ccc(C)cc1)C(=O)CN(c1c(C)cccc1C)S(C)(=O)=O. The van der Waals surface area contributed by atoms with Crippen molar-refractivity contribution in [2.75, 3.05) is 17.1 Å². The van der Waals surface area contributed by atoms with Crippen LogP contribution in [0.3, 0.4) is 0 Å². The first-order chi connectivity index (χ1) is 15.8. The van der Waals surface area contributed by atoms with Crippen molar-refractivity contribution >= 4 is 27.5 Å². The third kappa shape index (κ3) is 7.06. The molecule has 0 aliphatic rings. The minimum atomic E-state index is -3.75. The molecular formula is C26H37N3O4S. The van der Waals surface area contributed by atoms with Crippen molar-refractivity contribution in [2.24, 2.45) is 0 Å². The van der Waals surface area contributed by atoms with E-state index in [1.807, 2.05) is 77.1 Å². The number of sulfonamides is 1. The van der Waals surface area contributed by atoms with Crippen molar-refractivity contribution < 1.29 is 18.0 Å². The van der Waals surface area contributed by atoms with Crippen molar-refractivity contribution in [1.82, 2.24) is 10.2 Å². The Morgan fingerprint density at radius 2 is 1.53 bits per heavy atom. The molecule has 2 amide bonds. The Morgan fingerprint density at radius 3 is 2.03 bits per heavy atom. The number of benzene rings is 2. The monoisotopic (exact) mass is 487 g/mol. The molecule has 8 heteroatoms. The van der Waals surface area contributed by atoms with Crippen molar-refractivity contribution in [1.29, 1.82) is 0 Å². The molecule has 2 aromatic carbocycles. The molecule has 186 valence electrons. The predicted octanol–water partition coefficient (Wildman–Crippen LogP) is 3.71. The molecular weight excluding hydrogens is 450 g/mol. The van der Waals surface area contributed by atoms with Crippen LogP contribution in [0.15, 0.2) is 42.5 Å². The third-order valence-electron chi connectivity index (χ3n) is 6.01. The summed E-state index contributed by atoms with van der Waals surface area (Å²) >= 11 is 0. The molecule has 0 saturated heterocycles. The van der Waals surface area contributed by atoms with Gasteiger partial charge in [0, 0.05) is 12.6 Å². The number of amides is 2. The first-order valence-electron chi connectivity index (χ1n) is 11.5. The van der Waals surface area contributed by atoms with Crippen LogP contribution in [0.2, 0.25) is 0 Å². The summed E-state index contributed by atoms with van der Waals surface area (Å²) in [5.74, 6) is -0.715. The number of para-hydroxylation sites is 1. The molecule has 34 heavy (non-hydrogen) atoms. The molecule has 0 saturated carbocycles. The zero-order valence-corrected chi connectivity index (χ0v) is 22.1. The van der Waals surface area contributed by atoms with E-state index in [4.69, 9.17) is 0 Å². The van der Waals surface area contributed by atoms with Crippen molar-refractivity contribution in [2.45, 2.75) is 66.6 Å². The highest BCUT2D eigenvalue weighted by Gasteiger charge is 2.31. The first-order valence-corrected chi connectivity index (χ1v) is 13.4. The average Bonchev–Trinajstić information content (AvgIpc) is 2.76. The van der Waals surface area contributed by atoms with Crippen LogP contribution in [-0.2, 0) is 26.2 Å². The summed E-state index contributed by atoms with van der Waals surface area (Å²) in [5, 5.41) is 2.93. The second kappa shape index (κ2) is 11.5. The van der Waals surface area contributed by atoms with Crippen LogP contribution in [0.5, 0.6) is 0 Å². The lowest BCUT2D eigenvalue weighted by Gasteiger charge is -2.32. The van der Waals surface area contributed by atoms with Gasteiger partial charge in [-0.15, -0.1) is 0 Å². The highest BCUT2D eigenvalue weighted by Crippen LogP contribution is 2.27. The first kappa shape index (κ1) is 27.4. The number of hydrogen-bond acceptors (Lipinski definition) is 4. The molecule has 7 nitrogen and oxygen atoms in total. The number of rotatable bonds is 10. The maximum absolute atomic E-state index is 13.6. The fraction of sp³-hybridized carbons (Fsp3) is 0.462. The van der Waals surface area contributed by atoms with Gasteiger partial charge in [-0.1, -0.05) is 55.0 Å². The Morgan fingerprint density at radius 1 is 0.971 bits per heavy atom. The molecule has 0 fully saturated rings. The second-order valence-corrected chi connectivity index (χ2v) is 10.9. The number of nitrogens with zero attached hydrogens (tertiary/aromatic N) is 2. The zero-order valence-electron chi connectivity index (χ0n) is 21.3. The van der Waals surface area contributed by atoms with Crippen molar-refractivity contribution in [3.8, 4) is 0 Å². The molecule has 0 heterocycles. The summed E-state index contributed by atoms with van der Waals surface area (Å²) in [6.07, 6.45) is 1.86. The smallest absolute Gasteiger partial charge is 0.244 e. The van der Waals surface area contributed by atoms with E-state index >= 15 is 0 Å². The maximum Gasteiger partial charge on any atom is 0.244 e. The Kier molecular flexibility index (Phi) is 9.27. The van der Waals surface area contributed by atoms with Crippen LogP contribution in [0.4, 0.5) is 5.69 Å². The van der Waals surface area contributed by atoms with Crippen LogP contribution in [0, 0.1) is 20.8 Å². The number of nitrogens with one attached hydrogen (secondary N) is 1. The van der Waals surface area contributed by atoms with Gasteiger partial charge in [0.05, 0.1) is 11.9 Å². The highest BCUT2D eigenvalue weighted by molar-refractivity contribution is 7.92. The largest absolute Gasteiger partial charge is 0.352 e. The summed E-state index contributed by atoms with van der Waals surface area (Å²) in [4.78, 5) is 28.0. The number of carbonyl (C=O) groups is 2. The van der Waals surface area contributed by atoms with E-state index in [1.54, 1.807) is 6.92 Å². The van der Waals surface area contributed by atoms with Gasteiger partial charge < -0.3 is 10.2 Å². The summed E-state index contributed by atoms with van der Waals surface area (Å²) in [7, 11) is -3.75. The Balaban J connectivity index is 2.43. The van der Waals surface area contributed by atoms with E-state index in [-0.39, 0.29) is 18.5 Å². The molecule has 0 aliphatic carbocycles. The quantitative estimate of drug-likeness (QED) is 0.554. The van der Waals surface area contributed by atoms with Crippen LogP contribution in [-0.4, -0.2) is 50.0 Å². The average molecular weight is 488 g/mol. The van der Waals surface area contributed by atoms with E-state index < -0.39 is 28.5 Å². The molecule has 0 bridgehead atoms. The molecule has 0 spiro atoms. The van der Waals surface area contributed by atoms with Gasteiger partial charge in [0.1, 0.15) is 12.6 Å². The zero-order chi connectivity index (χ0) is 25.6. The fourth-order valence-electron chi connectivity index (χ4n) is 3.71. The van der Waals surface area contributed by atoms with Gasteiger partial charge in [-0.05, 0) is 57.7 Å². The summed E-state index contributed by atoms with van der Waals surface area (Å²) < 4.78 is 26.6. The summed E-state index contributed by atoms with van der Waals surface area (Å²) in [6, 6.07) is 12.4. The van der Waals surface area contributed by atoms with Crippen LogP contribution in [0.25, 0.3) is 0 Å². The summed E-state index contributed by atoms with van der Waals surface area (Å²) in [5.41, 5.74) is 3.95. The van der Waals surface area contributed by atoms with Gasteiger partial charge in [-0.25, -0.2) is 8.42 Å². The number of carbonyl (C=O) groups excluding carboxylic acids is 2. The van der Waals surface area contributed by atoms with E-state index in [0.29, 0.717) is 5.69 Å². The van der Waals surface area contributed by atoms with E-state index in [1.165, 1.54) is 4.90 Å². The minimum absolute atomic E-state index is 0.0339. The number of anilines is 1. The molecule has 0 radical (unpaired) electrons. The Labute approximate surface area is 204 Å². The molecule has 2 rings (SSSR count).